The van der Waals surface area contributed by atoms with Crippen molar-refractivity contribution in [1.82, 2.24) is 0 Å². The molecule has 0 fully saturated rings. The van der Waals surface area contributed by atoms with Gasteiger partial charge < -0.3 is 0 Å². The van der Waals surface area contributed by atoms with Gasteiger partial charge in [-0.1, -0.05) is 36.4 Å². The van der Waals surface area contributed by atoms with E-state index in [2.05, 4.69) is 9.22 Å². The molecule has 0 aliphatic heterocycles. The van der Waals surface area contributed by atoms with Crippen molar-refractivity contribution >= 4 is 67.5 Å². The first kappa shape index (κ1) is 17.5. The fourth-order valence-electron chi connectivity index (χ4n) is 1.32. The van der Waals surface area contributed by atoms with Gasteiger partial charge in [-0.15, -0.1) is 0 Å². The van der Waals surface area contributed by atoms with Crippen LogP contribution < -0.4 is 0 Å². The Labute approximate surface area is 159 Å². The van der Waals surface area contributed by atoms with Gasteiger partial charge in [0.05, 0.1) is 10.5 Å². The van der Waals surface area contributed by atoms with Crippen molar-refractivity contribution in [1.29, 1.82) is 0 Å². The van der Waals surface area contributed by atoms with Gasteiger partial charge in [-0.2, -0.15) is 8.42 Å². The fraction of sp³-hybridized carbons (Fsp3) is 0. The van der Waals surface area contributed by atoms with Crippen LogP contribution >= 0.6 is 0 Å². The van der Waals surface area contributed by atoms with Gasteiger partial charge in [-0.3, -0.25) is 4.89 Å². The maximum Gasteiger partial charge on any atom is 0.374 e. The number of carbonyl (C=O) groups is 1. The van der Waals surface area contributed by atoms with Crippen molar-refractivity contribution in [2.45, 2.75) is 4.90 Å². The van der Waals surface area contributed by atoms with Gasteiger partial charge in [0, 0.05) is 51.4 Å². The molecule has 1 radical (unpaired) electrons. The van der Waals surface area contributed by atoms with Crippen molar-refractivity contribution in [3.63, 3.8) is 0 Å². The number of rotatable bonds is 4. The van der Waals surface area contributed by atoms with Gasteiger partial charge in [-0.05, 0) is 28.6 Å². The third-order valence-corrected chi connectivity index (χ3v) is 3.34. The van der Waals surface area contributed by atoms with E-state index in [4.69, 9.17) is 0 Å². The molecular formula is C13H10KO5S. The Kier molecular flexibility index (Phi) is 7.03. The van der Waals surface area contributed by atoms with E-state index >= 15 is 0 Å². The van der Waals surface area contributed by atoms with Crippen LogP contribution in [0, 0.1) is 0 Å². The van der Waals surface area contributed by atoms with E-state index in [1.54, 1.807) is 24.3 Å². The average molecular weight is 317 g/mol. The Balaban J connectivity index is 0.00000200. The second-order valence-corrected chi connectivity index (χ2v) is 5.09. The monoisotopic (exact) mass is 317 g/mol. The summed E-state index contributed by atoms with van der Waals surface area (Å²) in [7, 11) is -4.11. The zero-order valence-corrected chi connectivity index (χ0v) is 14.7. The molecule has 0 bridgehead atoms. The summed E-state index contributed by atoms with van der Waals surface area (Å²) in [5, 5.41) is 0. The van der Waals surface area contributed by atoms with Crippen LogP contribution in [0.3, 0.4) is 0 Å². The molecule has 0 heterocycles. The zero-order valence-electron chi connectivity index (χ0n) is 10.7. The Bertz CT molecular complexity index is 656. The minimum atomic E-state index is -4.11. The normalized spacial score (nSPS) is 10.4. The van der Waals surface area contributed by atoms with Crippen molar-refractivity contribution < 1.29 is 22.4 Å². The van der Waals surface area contributed by atoms with Crippen LogP contribution in [0.15, 0.2) is 65.6 Å². The number of hydrogen-bond acceptors (Lipinski definition) is 5. The summed E-state index contributed by atoms with van der Waals surface area (Å²) in [6.07, 6.45) is 0. The van der Waals surface area contributed by atoms with Crippen LogP contribution in [0.5, 0.6) is 0 Å². The Hall–Kier alpha value is -0.544. The Morgan fingerprint density at radius 1 is 0.850 bits per heavy atom. The average Bonchev–Trinajstić information content (AvgIpc) is 2.47. The zero-order chi connectivity index (χ0) is 13.7. The molecule has 99 valence electrons. The SMILES string of the molecule is O=C(OOS(=O)(=O)c1ccccc1)c1ccccc1.[K]. The van der Waals surface area contributed by atoms with Crippen LogP contribution in [-0.4, -0.2) is 65.8 Å². The van der Waals surface area contributed by atoms with E-state index in [0.29, 0.717) is 0 Å². The Morgan fingerprint density at radius 3 is 1.90 bits per heavy atom. The van der Waals surface area contributed by atoms with Gasteiger partial charge in [0.25, 0.3) is 0 Å². The van der Waals surface area contributed by atoms with Gasteiger partial charge in [-0.25, -0.2) is 4.79 Å². The molecule has 0 unspecified atom stereocenters. The molecule has 20 heavy (non-hydrogen) atoms. The van der Waals surface area contributed by atoms with E-state index in [0.717, 1.165) is 0 Å². The van der Waals surface area contributed by atoms with Crippen LogP contribution in [0.4, 0.5) is 0 Å². The third-order valence-electron chi connectivity index (χ3n) is 2.24. The van der Waals surface area contributed by atoms with Crippen LogP contribution in [0.1, 0.15) is 10.4 Å². The van der Waals surface area contributed by atoms with Gasteiger partial charge in [0.2, 0.25) is 0 Å². The number of benzene rings is 2. The van der Waals surface area contributed by atoms with Crippen molar-refractivity contribution in [2.24, 2.45) is 0 Å². The minimum Gasteiger partial charge on any atom is -0.276 e. The van der Waals surface area contributed by atoms with E-state index in [1.807, 2.05) is 0 Å². The third kappa shape index (κ3) is 4.78. The summed E-state index contributed by atoms with van der Waals surface area (Å²) >= 11 is 0. The molecule has 0 amide bonds. The Morgan fingerprint density at radius 2 is 1.35 bits per heavy atom. The molecule has 2 rings (SSSR count). The summed E-state index contributed by atoms with van der Waals surface area (Å²) in [4.78, 5) is 15.7. The summed E-state index contributed by atoms with van der Waals surface area (Å²) in [6.45, 7) is 0. The molecule has 0 aliphatic rings. The van der Waals surface area contributed by atoms with Crippen molar-refractivity contribution in [2.75, 3.05) is 0 Å². The number of carbonyl (C=O) groups excluding carboxylic acids is 1. The van der Waals surface area contributed by atoms with Crippen molar-refractivity contribution in [3.8, 4) is 0 Å². The molecule has 2 aromatic carbocycles. The first-order chi connectivity index (χ1) is 9.09. The van der Waals surface area contributed by atoms with Gasteiger partial charge >= 0.3 is 16.1 Å². The maximum absolute atomic E-state index is 11.7. The summed E-state index contributed by atoms with van der Waals surface area (Å²) in [6, 6.07) is 15.4. The minimum absolute atomic E-state index is 0. The first-order valence-corrected chi connectivity index (χ1v) is 6.76. The molecule has 0 spiro atoms. The molecule has 0 aromatic heterocycles. The van der Waals surface area contributed by atoms with Crippen LogP contribution in [-0.2, 0) is 19.3 Å². The van der Waals surface area contributed by atoms with Gasteiger partial charge in [0.1, 0.15) is 0 Å². The first-order valence-electron chi connectivity index (χ1n) is 5.35. The quantitative estimate of drug-likeness (QED) is 0.488. The molecule has 5 nitrogen and oxygen atoms in total. The predicted octanol–water partition coefficient (Wildman–Crippen LogP) is 1.78. The summed E-state index contributed by atoms with van der Waals surface area (Å²) in [5.74, 6) is -0.875. The number of hydrogen-bond donors (Lipinski definition) is 0. The molecule has 2 aromatic rings. The van der Waals surface area contributed by atoms with Crippen molar-refractivity contribution in [3.05, 3.63) is 66.2 Å². The topological polar surface area (TPSA) is 69.7 Å². The van der Waals surface area contributed by atoms with E-state index in [-0.39, 0.29) is 61.8 Å². The molecule has 0 saturated carbocycles. The molecule has 0 atom stereocenters. The standard InChI is InChI=1S/C13H10O5S.K/c14-13(11-7-3-1-4-8-11)17-18-19(15,16)12-9-5-2-6-10-12;/h1-10H;. The molecule has 7 heteroatoms. The van der Waals surface area contributed by atoms with Gasteiger partial charge in [0.15, 0.2) is 0 Å². The maximum atomic E-state index is 11.7. The molecule has 0 N–H and O–H groups in total. The van der Waals surface area contributed by atoms with E-state index in [1.165, 1.54) is 36.4 Å². The molecule has 0 saturated heterocycles. The predicted molar refractivity (Wildman–Crippen MR) is 72.3 cm³/mol. The summed E-state index contributed by atoms with van der Waals surface area (Å²) < 4.78 is 27.6. The van der Waals surface area contributed by atoms with E-state index < -0.39 is 16.1 Å². The fourth-order valence-corrected chi connectivity index (χ4v) is 2.04. The smallest absolute Gasteiger partial charge is 0.276 e. The molecule has 0 aliphatic carbocycles. The second-order valence-electron chi connectivity index (χ2n) is 3.57. The van der Waals surface area contributed by atoms with Crippen LogP contribution in [0.25, 0.3) is 0 Å². The second kappa shape index (κ2) is 8.04. The largest absolute Gasteiger partial charge is 0.374 e. The van der Waals surface area contributed by atoms with Crippen LogP contribution in [0.2, 0.25) is 0 Å². The van der Waals surface area contributed by atoms with E-state index in [9.17, 15) is 13.2 Å². The molecular weight excluding hydrogens is 307 g/mol. The summed E-state index contributed by atoms with van der Waals surface area (Å²) in [5.41, 5.74) is 0.200.